The van der Waals surface area contributed by atoms with Crippen molar-refractivity contribution in [3.05, 3.63) is 23.3 Å². The number of hydrogen-bond donors (Lipinski definition) is 2. The molecule has 1 unspecified atom stereocenters. The van der Waals surface area contributed by atoms with Gasteiger partial charge >= 0.3 is 0 Å². The molecule has 0 aromatic heterocycles. The molecule has 1 aliphatic rings. The second kappa shape index (κ2) is 5.39. The van der Waals surface area contributed by atoms with Gasteiger partial charge in [-0.05, 0) is 12.1 Å². The van der Waals surface area contributed by atoms with Crippen molar-refractivity contribution in [2.75, 3.05) is 20.8 Å². The van der Waals surface area contributed by atoms with Crippen molar-refractivity contribution < 1.29 is 14.6 Å². The van der Waals surface area contributed by atoms with Crippen molar-refractivity contribution in [2.24, 2.45) is 0 Å². The first kappa shape index (κ1) is 13.1. The number of methoxy groups -OCH3 is 2. The minimum Gasteiger partial charge on any atom is -0.496 e. The Kier molecular flexibility index (Phi) is 4.41. The Labute approximate surface area is 101 Å². The molecule has 0 fully saturated rings. The number of β-amino-alcohol motifs (C(OH)–C–C–N with tert-alkyl or cyclic N) is 1. The molecule has 5 heteroatoms. The van der Waals surface area contributed by atoms with E-state index < -0.39 is 6.10 Å². The molecule has 0 spiro atoms. The van der Waals surface area contributed by atoms with Gasteiger partial charge in [-0.1, -0.05) is 0 Å². The molecule has 0 aliphatic carbocycles. The molecule has 0 amide bonds. The summed E-state index contributed by atoms with van der Waals surface area (Å²) in [6.45, 7) is 1.25. The van der Waals surface area contributed by atoms with Crippen LogP contribution in [0.5, 0.6) is 11.5 Å². The first-order valence-electron chi connectivity index (χ1n) is 4.90. The Morgan fingerprint density at radius 1 is 1.25 bits per heavy atom. The van der Waals surface area contributed by atoms with Gasteiger partial charge in [0, 0.05) is 24.2 Å². The summed E-state index contributed by atoms with van der Waals surface area (Å²) in [5, 5.41) is 13.0. The van der Waals surface area contributed by atoms with Gasteiger partial charge < -0.3 is 19.9 Å². The number of aliphatic hydroxyl groups is 1. The fraction of sp³-hybridized carbons (Fsp3) is 0.455. The molecule has 2 rings (SSSR count). The summed E-state index contributed by atoms with van der Waals surface area (Å²) < 4.78 is 10.5. The lowest BCUT2D eigenvalue weighted by molar-refractivity contribution is 0.159. The predicted octanol–water partition coefficient (Wildman–Crippen LogP) is 1.26. The molecular weight excluding hydrogens is 230 g/mol. The molecule has 1 heterocycles. The third-order valence-corrected chi connectivity index (χ3v) is 2.69. The SMILES string of the molecule is COc1ccc(OC)c2c1CNCC2O.Cl. The number of benzene rings is 1. The van der Waals surface area contributed by atoms with Crippen LogP contribution in [0.2, 0.25) is 0 Å². The Morgan fingerprint density at radius 3 is 2.50 bits per heavy atom. The van der Waals surface area contributed by atoms with Gasteiger partial charge in [0.15, 0.2) is 0 Å². The van der Waals surface area contributed by atoms with Gasteiger partial charge in [0.2, 0.25) is 0 Å². The molecule has 90 valence electrons. The quantitative estimate of drug-likeness (QED) is 0.824. The maximum Gasteiger partial charge on any atom is 0.125 e. The highest BCUT2D eigenvalue weighted by molar-refractivity contribution is 5.85. The first-order valence-corrected chi connectivity index (χ1v) is 4.90. The molecule has 0 saturated carbocycles. The topological polar surface area (TPSA) is 50.7 Å². The van der Waals surface area contributed by atoms with E-state index in [1.807, 2.05) is 12.1 Å². The van der Waals surface area contributed by atoms with Crippen LogP contribution in [0.1, 0.15) is 17.2 Å². The van der Waals surface area contributed by atoms with Crippen LogP contribution in [-0.4, -0.2) is 25.9 Å². The lowest BCUT2D eigenvalue weighted by Gasteiger charge is -2.26. The Balaban J connectivity index is 0.00000128. The Morgan fingerprint density at radius 2 is 1.88 bits per heavy atom. The summed E-state index contributed by atoms with van der Waals surface area (Å²) in [7, 11) is 3.24. The van der Waals surface area contributed by atoms with Crippen LogP contribution >= 0.6 is 12.4 Å². The number of halogens is 1. The zero-order valence-corrected chi connectivity index (χ0v) is 10.1. The van der Waals surface area contributed by atoms with Gasteiger partial charge in [-0.25, -0.2) is 0 Å². The van der Waals surface area contributed by atoms with Crippen LogP contribution in [0.4, 0.5) is 0 Å². The van der Waals surface area contributed by atoms with Gasteiger partial charge in [0.1, 0.15) is 11.5 Å². The number of rotatable bonds is 2. The van der Waals surface area contributed by atoms with E-state index in [1.165, 1.54) is 0 Å². The largest absolute Gasteiger partial charge is 0.496 e. The standard InChI is InChI=1S/C11H15NO3.ClH/c1-14-9-3-4-10(15-2)11-7(9)5-12-6-8(11)13;/h3-4,8,12-13H,5-6H2,1-2H3;1H. The second-order valence-electron chi connectivity index (χ2n) is 3.51. The fourth-order valence-electron chi connectivity index (χ4n) is 1.98. The third-order valence-electron chi connectivity index (χ3n) is 2.69. The summed E-state index contributed by atoms with van der Waals surface area (Å²) >= 11 is 0. The minimum absolute atomic E-state index is 0. The molecule has 0 bridgehead atoms. The van der Waals surface area contributed by atoms with E-state index >= 15 is 0 Å². The normalized spacial score (nSPS) is 18.3. The second-order valence-corrected chi connectivity index (χ2v) is 3.51. The van der Waals surface area contributed by atoms with E-state index in [4.69, 9.17) is 9.47 Å². The van der Waals surface area contributed by atoms with Crippen molar-refractivity contribution in [1.29, 1.82) is 0 Å². The smallest absolute Gasteiger partial charge is 0.125 e. The van der Waals surface area contributed by atoms with Crippen molar-refractivity contribution in [1.82, 2.24) is 5.32 Å². The molecule has 0 radical (unpaired) electrons. The lowest BCUT2D eigenvalue weighted by atomic mass is 9.96. The molecule has 16 heavy (non-hydrogen) atoms. The minimum atomic E-state index is -0.529. The van der Waals surface area contributed by atoms with Crippen LogP contribution in [-0.2, 0) is 6.54 Å². The van der Waals surface area contributed by atoms with Crippen LogP contribution in [0, 0.1) is 0 Å². The molecule has 1 aliphatic heterocycles. The number of nitrogens with one attached hydrogen (secondary N) is 1. The highest BCUT2D eigenvalue weighted by Gasteiger charge is 2.24. The van der Waals surface area contributed by atoms with Crippen molar-refractivity contribution >= 4 is 12.4 Å². The number of ether oxygens (including phenoxy) is 2. The summed E-state index contributed by atoms with van der Waals surface area (Å²) in [6, 6.07) is 3.68. The highest BCUT2D eigenvalue weighted by atomic mass is 35.5. The summed E-state index contributed by atoms with van der Waals surface area (Å²) in [6.07, 6.45) is -0.529. The van der Waals surface area contributed by atoms with Gasteiger partial charge in [-0.3, -0.25) is 0 Å². The van der Waals surface area contributed by atoms with Crippen molar-refractivity contribution in [2.45, 2.75) is 12.6 Å². The summed E-state index contributed by atoms with van der Waals surface area (Å²) in [4.78, 5) is 0. The van der Waals surface area contributed by atoms with E-state index in [9.17, 15) is 5.11 Å². The maximum atomic E-state index is 9.90. The van der Waals surface area contributed by atoms with Crippen LogP contribution < -0.4 is 14.8 Å². The summed E-state index contributed by atoms with van der Waals surface area (Å²) in [5.74, 6) is 1.51. The van der Waals surface area contributed by atoms with E-state index in [1.54, 1.807) is 14.2 Å². The van der Waals surface area contributed by atoms with Crippen LogP contribution in [0.15, 0.2) is 12.1 Å². The molecule has 0 saturated heterocycles. The van der Waals surface area contributed by atoms with Gasteiger partial charge in [0.05, 0.1) is 20.3 Å². The van der Waals surface area contributed by atoms with Gasteiger partial charge in [0.25, 0.3) is 0 Å². The van der Waals surface area contributed by atoms with E-state index in [2.05, 4.69) is 5.32 Å². The van der Waals surface area contributed by atoms with Crippen LogP contribution in [0.3, 0.4) is 0 Å². The number of aliphatic hydroxyl groups excluding tert-OH is 1. The van der Waals surface area contributed by atoms with Gasteiger partial charge in [-0.2, -0.15) is 0 Å². The number of fused-ring (bicyclic) bond motifs is 1. The van der Waals surface area contributed by atoms with E-state index in [0.717, 1.165) is 22.6 Å². The average Bonchev–Trinajstić information content (AvgIpc) is 2.28. The van der Waals surface area contributed by atoms with E-state index in [-0.39, 0.29) is 12.4 Å². The molecule has 2 N–H and O–H groups in total. The fourth-order valence-corrected chi connectivity index (χ4v) is 1.98. The van der Waals surface area contributed by atoms with Crippen molar-refractivity contribution in [3.63, 3.8) is 0 Å². The molecule has 1 aromatic rings. The monoisotopic (exact) mass is 245 g/mol. The van der Waals surface area contributed by atoms with Crippen LogP contribution in [0.25, 0.3) is 0 Å². The zero-order valence-electron chi connectivity index (χ0n) is 9.32. The zero-order chi connectivity index (χ0) is 10.8. The number of hydrogen-bond acceptors (Lipinski definition) is 4. The highest BCUT2D eigenvalue weighted by Crippen LogP contribution is 2.36. The molecule has 1 atom stereocenters. The Hall–Kier alpha value is -0.970. The van der Waals surface area contributed by atoms with Crippen molar-refractivity contribution in [3.8, 4) is 11.5 Å². The maximum absolute atomic E-state index is 9.90. The van der Waals surface area contributed by atoms with E-state index in [0.29, 0.717) is 13.1 Å². The Bertz CT molecular complexity index is 370. The first-order chi connectivity index (χ1) is 7.27. The summed E-state index contributed by atoms with van der Waals surface area (Å²) in [5.41, 5.74) is 1.83. The molecular formula is C11H16ClNO3. The molecule has 4 nitrogen and oxygen atoms in total. The lowest BCUT2D eigenvalue weighted by Crippen LogP contribution is -2.28. The predicted molar refractivity (Wildman–Crippen MR) is 63.5 cm³/mol. The van der Waals surface area contributed by atoms with Gasteiger partial charge in [-0.15, -0.1) is 12.4 Å². The average molecular weight is 246 g/mol. The third kappa shape index (κ3) is 2.09. The molecule has 1 aromatic carbocycles.